The zero-order chi connectivity index (χ0) is 12.8. The second-order valence-electron chi connectivity index (χ2n) is 4.44. The topological polar surface area (TPSA) is 38.3 Å². The number of methoxy groups -OCH3 is 1. The molecule has 0 amide bonds. The molecule has 1 heterocycles. The van der Waals surface area contributed by atoms with E-state index in [-0.39, 0.29) is 5.97 Å². The van der Waals surface area contributed by atoms with Gasteiger partial charge in [-0.3, -0.25) is 0 Å². The van der Waals surface area contributed by atoms with E-state index >= 15 is 0 Å². The molecule has 0 radical (unpaired) electrons. The van der Waals surface area contributed by atoms with E-state index in [9.17, 15) is 4.79 Å². The number of benzene rings is 1. The van der Waals surface area contributed by atoms with Crippen molar-refractivity contribution < 1.29 is 9.53 Å². The van der Waals surface area contributed by atoms with Gasteiger partial charge < -0.3 is 10.1 Å². The van der Waals surface area contributed by atoms with Crippen LogP contribution >= 0.6 is 11.8 Å². The van der Waals surface area contributed by atoms with E-state index in [0.29, 0.717) is 11.6 Å². The lowest BCUT2D eigenvalue weighted by Crippen LogP contribution is -2.33. The molecule has 0 saturated carbocycles. The van der Waals surface area contributed by atoms with Crippen LogP contribution < -0.4 is 5.32 Å². The van der Waals surface area contributed by atoms with E-state index < -0.39 is 0 Å². The van der Waals surface area contributed by atoms with Crippen molar-refractivity contribution >= 4 is 17.7 Å². The van der Waals surface area contributed by atoms with Gasteiger partial charge in [-0.25, -0.2) is 4.79 Å². The third kappa shape index (κ3) is 3.50. The molecule has 1 N–H and O–H groups in total. The van der Waals surface area contributed by atoms with Crippen molar-refractivity contribution in [2.24, 2.45) is 0 Å². The maximum Gasteiger partial charge on any atom is 0.338 e. The zero-order valence-corrected chi connectivity index (χ0v) is 11.5. The molecule has 3 nitrogen and oxygen atoms in total. The minimum Gasteiger partial charge on any atom is -0.465 e. The number of esters is 1. The first-order chi connectivity index (χ1) is 8.81. The number of hydrogen-bond acceptors (Lipinski definition) is 4. The molecule has 4 heteroatoms. The molecule has 1 saturated heterocycles. The van der Waals surface area contributed by atoms with E-state index in [2.05, 4.69) is 5.32 Å². The highest BCUT2D eigenvalue weighted by Crippen LogP contribution is 2.18. The summed E-state index contributed by atoms with van der Waals surface area (Å²) in [4.78, 5) is 11.6. The maximum absolute atomic E-state index is 11.6. The lowest BCUT2D eigenvalue weighted by atomic mass is 10.1. The highest BCUT2D eigenvalue weighted by molar-refractivity contribution is 7.99. The minimum absolute atomic E-state index is 0.259. The molecule has 1 unspecified atom stereocenters. The fourth-order valence-electron chi connectivity index (χ4n) is 2.14. The van der Waals surface area contributed by atoms with Gasteiger partial charge >= 0.3 is 5.97 Å². The summed E-state index contributed by atoms with van der Waals surface area (Å²) in [6, 6.07) is 8.19. The van der Waals surface area contributed by atoms with Gasteiger partial charge in [0, 0.05) is 18.3 Å². The standard InChI is InChI=1S/C14H19NO2S/c1-17-14(16)13-7-3-2-5-11(13)9-15-12-6-4-8-18-10-12/h2-3,5,7,12,15H,4,6,8-10H2,1H3. The summed E-state index contributed by atoms with van der Waals surface area (Å²) in [5, 5.41) is 3.53. The molecular weight excluding hydrogens is 246 g/mol. The minimum atomic E-state index is -0.259. The van der Waals surface area contributed by atoms with Crippen LogP contribution in [0, 0.1) is 0 Å². The van der Waals surface area contributed by atoms with Crippen LogP contribution in [0.15, 0.2) is 24.3 Å². The molecule has 1 atom stereocenters. The van der Waals surface area contributed by atoms with Crippen LogP contribution in [0.1, 0.15) is 28.8 Å². The van der Waals surface area contributed by atoms with Crippen LogP contribution in [0.2, 0.25) is 0 Å². The molecule has 0 bridgehead atoms. The van der Waals surface area contributed by atoms with Gasteiger partial charge in [0.2, 0.25) is 0 Å². The molecule has 0 spiro atoms. The highest BCUT2D eigenvalue weighted by atomic mass is 32.2. The van der Waals surface area contributed by atoms with Gasteiger partial charge in [-0.2, -0.15) is 11.8 Å². The van der Waals surface area contributed by atoms with Crippen LogP contribution in [0.3, 0.4) is 0 Å². The Balaban J connectivity index is 1.97. The van der Waals surface area contributed by atoms with Crippen molar-refractivity contribution in [2.75, 3.05) is 18.6 Å². The number of thioether (sulfide) groups is 1. The molecular formula is C14H19NO2S. The Morgan fingerprint density at radius 1 is 1.50 bits per heavy atom. The maximum atomic E-state index is 11.6. The van der Waals surface area contributed by atoms with Gasteiger partial charge in [0.25, 0.3) is 0 Å². The number of carbonyl (C=O) groups excluding carboxylic acids is 1. The molecule has 18 heavy (non-hydrogen) atoms. The van der Waals surface area contributed by atoms with Crippen molar-refractivity contribution in [2.45, 2.75) is 25.4 Å². The first-order valence-electron chi connectivity index (χ1n) is 6.28. The van der Waals surface area contributed by atoms with Gasteiger partial charge in [-0.05, 0) is 30.2 Å². The van der Waals surface area contributed by atoms with Crippen molar-refractivity contribution in [3.63, 3.8) is 0 Å². The first-order valence-corrected chi connectivity index (χ1v) is 7.44. The van der Waals surface area contributed by atoms with E-state index in [1.807, 2.05) is 36.0 Å². The van der Waals surface area contributed by atoms with Crippen molar-refractivity contribution in [3.05, 3.63) is 35.4 Å². The third-order valence-electron chi connectivity index (χ3n) is 3.16. The summed E-state index contributed by atoms with van der Waals surface area (Å²) in [5.41, 5.74) is 1.68. The van der Waals surface area contributed by atoms with Gasteiger partial charge in [0.15, 0.2) is 0 Å². The average molecular weight is 265 g/mol. The molecule has 0 aromatic heterocycles. The van der Waals surface area contributed by atoms with Gasteiger partial charge in [-0.1, -0.05) is 18.2 Å². The van der Waals surface area contributed by atoms with Crippen LogP contribution in [0.4, 0.5) is 0 Å². The molecule has 98 valence electrons. The van der Waals surface area contributed by atoms with Crippen molar-refractivity contribution in [1.29, 1.82) is 0 Å². The monoisotopic (exact) mass is 265 g/mol. The largest absolute Gasteiger partial charge is 0.465 e. The fourth-order valence-corrected chi connectivity index (χ4v) is 3.25. The molecule has 1 aliphatic rings. The summed E-state index contributed by atoms with van der Waals surface area (Å²) >= 11 is 2.00. The average Bonchev–Trinajstić information content (AvgIpc) is 2.45. The molecule has 1 aromatic carbocycles. The van der Waals surface area contributed by atoms with E-state index in [1.165, 1.54) is 31.5 Å². The summed E-state index contributed by atoms with van der Waals surface area (Å²) in [7, 11) is 1.42. The molecule has 1 fully saturated rings. The summed E-state index contributed by atoms with van der Waals surface area (Å²) < 4.78 is 4.80. The predicted octanol–water partition coefficient (Wildman–Crippen LogP) is 2.46. The Morgan fingerprint density at radius 3 is 3.06 bits per heavy atom. The third-order valence-corrected chi connectivity index (χ3v) is 4.38. The fraction of sp³-hybridized carbons (Fsp3) is 0.500. The van der Waals surface area contributed by atoms with Gasteiger partial charge in [-0.15, -0.1) is 0 Å². The lowest BCUT2D eigenvalue weighted by Gasteiger charge is -2.23. The quantitative estimate of drug-likeness (QED) is 0.849. The Labute approximate surface area is 112 Å². The van der Waals surface area contributed by atoms with Crippen LogP contribution in [-0.4, -0.2) is 30.6 Å². The smallest absolute Gasteiger partial charge is 0.338 e. The number of ether oxygens (including phenoxy) is 1. The summed E-state index contributed by atoms with van der Waals surface area (Å²) in [6.45, 7) is 0.733. The van der Waals surface area contributed by atoms with Crippen LogP contribution in [0.5, 0.6) is 0 Å². The van der Waals surface area contributed by atoms with E-state index in [4.69, 9.17) is 4.74 Å². The van der Waals surface area contributed by atoms with Gasteiger partial charge in [0.1, 0.15) is 0 Å². The first kappa shape index (κ1) is 13.4. The Morgan fingerprint density at radius 2 is 2.33 bits per heavy atom. The molecule has 1 aliphatic heterocycles. The predicted molar refractivity (Wildman–Crippen MR) is 75.0 cm³/mol. The van der Waals surface area contributed by atoms with Crippen molar-refractivity contribution in [3.8, 4) is 0 Å². The van der Waals surface area contributed by atoms with Gasteiger partial charge in [0.05, 0.1) is 12.7 Å². The number of rotatable bonds is 4. The SMILES string of the molecule is COC(=O)c1ccccc1CNC1CCCSC1. The molecule has 1 aromatic rings. The number of nitrogens with one attached hydrogen (secondary N) is 1. The number of carbonyl (C=O) groups is 1. The van der Waals surface area contributed by atoms with Crippen LogP contribution in [-0.2, 0) is 11.3 Å². The lowest BCUT2D eigenvalue weighted by molar-refractivity contribution is 0.0599. The molecule has 2 rings (SSSR count). The second-order valence-corrected chi connectivity index (χ2v) is 5.59. The highest BCUT2D eigenvalue weighted by Gasteiger charge is 2.15. The van der Waals surface area contributed by atoms with E-state index in [0.717, 1.165) is 12.1 Å². The Hall–Kier alpha value is -1.00. The zero-order valence-electron chi connectivity index (χ0n) is 10.6. The molecule has 0 aliphatic carbocycles. The normalized spacial score (nSPS) is 19.5. The van der Waals surface area contributed by atoms with E-state index in [1.54, 1.807) is 0 Å². The Bertz CT molecular complexity index is 403. The van der Waals surface area contributed by atoms with Crippen LogP contribution in [0.25, 0.3) is 0 Å². The Kier molecular flexibility index (Phi) is 5.08. The number of hydrogen-bond donors (Lipinski definition) is 1. The summed E-state index contributed by atoms with van der Waals surface area (Å²) in [6.07, 6.45) is 2.51. The second kappa shape index (κ2) is 6.81. The van der Waals surface area contributed by atoms with Crippen molar-refractivity contribution in [1.82, 2.24) is 5.32 Å². The summed E-state index contributed by atoms with van der Waals surface area (Å²) in [5.74, 6) is 2.18.